The van der Waals surface area contributed by atoms with Gasteiger partial charge in [0.05, 0.1) is 18.7 Å². The molecule has 2 fully saturated rings. The number of piperidine rings is 1. The molecule has 2 atom stereocenters. The van der Waals surface area contributed by atoms with Crippen molar-refractivity contribution >= 4 is 29.1 Å². The number of carbonyl (C=O) groups excluding carboxylic acids is 2. The summed E-state index contributed by atoms with van der Waals surface area (Å²) < 4.78 is 5.39. The molecule has 0 N–H and O–H groups in total. The van der Waals surface area contributed by atoms with Crippen LogP contribution in [0.2, 0.25) is 5.02 Å². The number of carbonyl (C=O) groups is 2. The minimum Gasteiger partial charge on any atom is -0.495 e. The summed E-state index contributed by atoms with van der Waals surface area (Å²) in [5, 5.41) is 0.599. The Balaban J connectivity index is 1.79. The molecule has 6 heteroatoms. The lowest BCUT2D eigenvalue weighted by atomic mass is 9.98. The van der Waals surface area contributed by atoms with Gasteiger partial charge >= 0.3 is 0 Å². The molecule has 0 aliphatic carbocycles. The highest BCUT2D eigenvalue weighted by Gasteiger charge is 2.39. The van der Waals surface area contributed by atoms with Crippen molar-refractivity contribution in [1.82, 2.24) is 4.90 Å². The highest BCUT2D eigenvalue weighted by molar-refractivity contribution is 6.31. The molecule has 2 saturated heterocycles. The molecule has 2 amide bonds. The number of benzene rings is 1. The van der Waals surface area contributed by atoms with Crippen LogP contribution in [0.15, 0.2) is 12.1 Å². The molecule has 2 heterocycles. The van der Waals surface area contributed by atoms with Gasteiger partial charge in [-0.25, -0.2) is 0 Å². The number of anilines is 1. The first-order valence-electron chi connectivity index (χ1n) is 8.84. The molecule has 5 nitrogen and oxygen atoms in total. The van der Waals surface area contributed by atoms with Crippen molar-refractivity contribution in [2.45, 2.75) is 33.1 Å². The average Bonchev–Trinajstić information content (AvgIpc) is 2.97. The Morgan fingerprint density at radius 1 is 1.32 bits per heavy atom. The summed E-state index contributed by atoms with van der Waals surface area (Å²) in [5.74, 6) is 0.877. The maximum absolute atomic E-state index is 12.8. The van der Waals surface area contributed by atoms with Crippen LogP contribution in [0.4, 0.5) is 5.69 Å². The molecule has 0 bridgehead atoms. The third kappa shape index (κ3) is 3.61. The minimum absolute atomic E-state index is 0.0385. The first-order chi connectivity index (χ1) is 11.9. The molecular formula is C19H25ClN2O3. The molecule has 2 aliphatic heterocycles. The average molecular weight is 365 g/mol. The monoisotopic (exact) mass is 364 g/mol. The molecule has 25 heavy (non-hydrogen) atoms. The molecule has 0 spiro atoms. The van der Waals surface area contributed by atoms with Crippen molar-refractivity contribution < 1.29 is 14.3 Å². The normalized spacial score (nSPS) is 23.9. The topological polar surface area (TPSA) is 49.9 Å². The number of likely N-dealkylation sites (tertiary alicyclic amines) is 1. The molecular weight excluding hydrogens is 340 g/mol. The van der Waals surface area contributed by atoms with Crippen LogP contribution in [0.5, 0.6) is 5.75 Å². The first-order valence-corrected chi connectivity index (χ1v) is 9.21. The van der Waals surface area contributed by atoms with Crippen LogP contribution in [0, 0.1) is 18.8 Å². The van der Waals surface area contributed by atoms with Gasteiger partial charge in [-0.2, -0.15) is 0 Å². The number of hydrogen-bond donors (Lipinski definition) is 0. The van der Waals surface area contributed by atoms with Crippen LogP contribution >= 0.6 is 11.6 Å². The van der Waals surface area contributed by atoms with Gasteiger partial charge in [-0.1, -0.05) is 18.5 Å². The smallest absolute Gasteiger partial charge is 0.228 e. The van der Waals surface area contributed by atoms with E-state index in [0.717, 1.165) is 25.1 Å². The number of aryl methyl sites for hydroxylation is 1. The summed E-state index contributed by atoms with van der Waals surface area (Å²) >= 11 is 6.16. The zero-order chi connectivity index (χ0) is 18.1. The van der Waals surface area contributed by atoms with E-state index >= 15 is 0 Å². The maximum Gasteiger partial charge on any atom is 0.228 e. The third-order valence-corrected chi connectivity index (χ3v) is 5.60. The fraction of sp³-hybridized carbons (Fsp3) is 0.579. The van der Waals surface area contributed by atoms with Crippen molar-refractivity contribution in [1.29, 1.82) is 0 Å². The lowest BCUT2D eigenvalue weighted by Crippen LogP contribution is -2.43. The molecule has 0 aromatic heterocycles. The second-order valence-corrected chi connectivity index (χ2v) is 7.62. The number of methoxy groups -OCH3 is 1. The fourth-order valence-electron chi connectivity index (χ4n) is 3.78. The Hall–Kier alpha value is -1.75. The van der Waals surface area contributed by atoms with E-state index in [1.807, 2.05) is 17.9 Å². The zero-order valence-electron chi connectivity index (χ0n) is 15.0. The number of ether oxygens (including phenoxy) is 1. The number of halogens is 1. The number of amides is 2. The third-order valence-electron chi connectivity index (χ3n) is 5.19. The van der Waals surface area contributed by atoms with Gasteiger partial charge in [0.1, 0.15) is 5.75 Å². The molecule has 1 aromatic rings. The van der Waals surface area contributed by atoms with Crippen molar-refractivity contribution in [2.24, 2.45) is 11.8 Å². The summed E-state index contributed by atoms with van der Waals surface area (Å²) in [5.41, 5.74) is 1.57. The van der Waals surface area contributed by atoms with Gasteiger partial charge in [-0.05, 0) is 37.3 Å². The number of nitrogens with zero attached hydrogens (tertiary/aromatic N) is 2. The summed E-state index contributed by atoms with van der Waals surface area (Å²) in [6.07, 6.45) is 2.47. The predicted octanol–water partition coefficient (Wildman–Crippen LogP) is 3.27. The van der Waals surface area contributed by atoms with Gasteiger partial charge in [0, 0.05) is 37.1 Å². The van der Waals surface area contributed by atoms with Gasteiger partial charge < -0.3 is 14.5 Å². The van der Waals surface area contributed by atoms with Crippen molar-refractivity contribution in [3.63, 3.8) is 0 Å². The quantitative estimate of drug-likeness (QED) is 0.827. The van der Waals surface area contributed by atoms with Gasteiger partial charge in [-0.15, -0.1) is 0 Å². The Bertz CT molecular complexity index is 691. The number of hydrogen-bond acceptors (Lipinski definition) is 3. The van der Waals surface area contributed by atoms with Gasteiger partial charge in [0.2, 0.25) is 11.8 Å². The fourth-order valence-corrected chi connectivity index (χ4v) is 3.93. The molecule has 1 aromatic carbocycles. The van der Waals surface area contributed by atoms with Gasteiger partial charge in [0.15, 0.2) is 0 Å². The van der Waals surface area contributed by atoms with Crippen molar-refractivity contribution in [3.05, 3.63) is 22.7 Å². The predicted molar refractivity (Wildman–Crippen MR) is 98.2 cm³/mol. The standard InChI is InChI=1S/C19H25ClN2O3/c1-12-5-4-6-21(10-12)19(24)14-8-18(23)22(11-14)16-7-13(2)15(20)9-17(16)25-3/h7,9,12,14H,4-6,8,10-11H2,1-3H3. The minimum atomic E-state index is -0.279. The van der Waals surface area contributed by atoms with Crippen LogP contribution in [-0.4, -0.2) is 43.5 Å². The van der Waals surface area contributed by atoms with Crippen LogP contribution in [0.1, 0.15) is 31.7 Å². The summed E-state index contributed by atoms with van der Waals surface area (Å²) in [6, 6.07) is 3.58. The van der Waals surface area contributed by atoms with E-state index in [2.05, 4.69) is 6.92 Å². The van der Waals surface area contributed by atoms with E-state index in [1.54, 1.807) is 18.1 Å². The second kappa shape index (κ2) is 7.24. The van der Waals surface area contributed by atoms with Crippen LogP contribution in [-0.2, 0) is 9.59 Å². The highest BCUT2D eigenvalue weighted by atomic mass is 35.5. The highest BCUT2D eigenvalue weighted by Crippen LogP contribution is 2.37. The van der Waals surface area contributed by atoms with Gasteiger partial charge in [0.25, 0.3) is 0 Å². The largest absolute Gasteiger partial charge is 0.495 e. The van der Waals surface area contributed by atoms with E-state index in [0.29, 0.717) is 28.9 Å². The van der Waals surface area contributed by atoms with E-state index in [1.165, 1.54) is 6.42 Å². The molecule has 2 aliphatic rings. The molecule has 3 rings (SSSR count). The molecule has 0 saturated carbocycles. The Morgan fingerprint density at radius 2 is 2.08 bits per heavy atom. The second-order valence-electron chi connectivity index (χ2n) is 7.21. The van der Waals surface area contributed by atoms with Crippen LogP contribution < -0.4 is 9.64 Å². The molecule has 0 radical (unpaired) electrons. The SMILES string of the molecule is COc1cc(Cl)c(C)cc1N1CC(C(=O)N2CCCC(C)C2)CC1=O. The van der Waals surface area contributed by atoms with E-state index in [-0.39, 0.29) is 24.2 Å². The Morgan fingerprint density at radius 3 is 2.76 bits per heavy atom. The van der Waals surface area contributed by atoms with Crippen LogP contribution in [0.25, 0.3) is 0 Å². The summed E-state index contributed by atoms with van der Waals surface area (Å²) in [4.78, 5) is 29.0. The molecule has 136 valence electrons. The van der Waals surface area contributed by atoms with E-state index < -0.39 is 0 Å². The van der Waals surface area contributed by atoms with Gasteiger partial charge in [-0.3, -0.25) is 9.59 Å². The van der Waals surface area contributed by atoms with E-state index in [9.17, 15) is 9.59 Å². The zero-order valence-corrected chi connectivity index (χ0v) is 15.8. The van der Waals surface area contributed by atoms with E-state index in [4.69, 9.17) is 16.3 Å². The lowest BCUT2D eigenvalue weighted by molar-refractivity contribution is -0.137. The molecule has 2 unspecified atom stereocenters. The maximum atomic E-state index is 12.8. The lowest BCUT2D eigenvalue weighted by Gasteiger charge is -2.32. The Labute approximate surface area is 153 Å². The van der Waals surface area contributed by atoms with Crippen molar-refractivity contribution in [3.8, 4) is 5.75 Å². The summed E-state index contributed by atoms with van der Waals surface area (Å²) in [6.45, 7) is 6.07. The summed E-state index contributed by atoms with van der Waals surface area (Å²) in [7, 11) is 1.56. The Kier molecular flexibility index (Phi) is 5.23. The van der Waals surface area contributed by atoms with Crippen LogP contribution in [0.3, 0.4) is 0 Å². The number of rotatable bonds is 3. The first kappa shape index (κ1) is 18.1. The van der Waals surface area contributed by atoms with Crippen molar-refractivity contribution in [2.75, 3.05) is 31.6 Å².